The van der Waals surface area contributed by atoms with Crippen LogP contribution >= 0.6 is 15.9 Å². The van der Waals surface area contributed by atoms with E-state index in [4.69, 9.17) is 0 Å². The van der Waals surface area contributed by atoms with E-state index >= 15 is 0 Å². The topological polar surface area (TPSA) is 17.1 Å². The number of benzene rings is 1. The first-order chi connectivity index (χ1) is 6.65. The molecule has 0 aromatic heterocycles. The molecular weight excluding hydrogens is 247 g/mol. The fraction of sp³-hybridized carbons (Fsp3) is 0.182. The first kappa shape index (κ1) is 11.1. The highest BCUT2D eigenvalue weighted by molar-refractivity contribution is 9.09. The molecule has 1 aromatic carbocycles. The van der Waals surface area contributed by atoms with Gasteiger partial charge in [0.1, 0.15) is 5.82 Å². The largest absolute Gasteiger partial charge is 0.294 e. The second-order valence-corrected chi connectivity index (χ2v) is 3.50. The lowest BCUT2D eigenvalue weighted by atomic mass is 10.1. The highest BCUT2D eigenvalue weighted by Gasteiger charge is 2.06. The molecule has 0 spiro atoms. The summed E-state index contributed by atoms with van der Waals surface area (Å²) in [6, 6.07) is 4.50. The summed E-state index contributed by atoms with van der Waals surface area (Å²) in [6.45, 7) is 1.36. The average molecular weight is 257 g/mol. The fourth-order valence-corrected chi connectivity index (χ4v) is 1.28. The fourth-order valence-electron chi connectivity index (χ4n) is 1.10. The van der Waals surface area contributed by atoms with Crippen molar-refractivity contribution in [3.63, 3.8) is 0 Å². The molecule has 1 aromatic rings. The van der Waals surface area contributed by atoms with Gasteiger partial charge in [-0.05, 0) is 24.6 Å². The lowest BCUT2D eigenvalue weighted by Crippen LogP contribution is -1.96. The Morgan fingerprint density at radius 3 is 2.86 bits per heavy atom. The van der Waals surface area contributed by atoms with Crippen molar-refractivity contribution in [2.75, 3.05) is 5.33 Å². The third-order valence-electron chi connectivity index (χ3n) is 1.77. The number of hydrogen-bond donors (Lipinski definition) is 0. The van der Waals surface area contributed by atoms with E-state index in [1.165, 1.54) is 13.0 Å². The summed E-state index contributed by atoms with van der Waals surface area (Å²) >= 11 is 3.24. The number of halogens is 2. The summed E-state index contributed by atoms with van der Waals surface area (Å²) in [5.41, 5.74) is 0.970. The van der Waals surface area contributed by atoms with E-state index in [2.05, 4.69) is 15.9 Å². The Hall–Kier alpha value is -0.960. The molecule has 0 aliphatic heterocycles. The van der Waals surface area contributed by atoms with Gasteiger partial charge in [-0.3, -0.25) is 4.79 Å². The van der Waals surface area contributed by atoms with Gasteiger partial charge in [0.05, 0.1) is 5.56 Å². The number of allylic oxidation sites excluding steroid dienone is 1. The quantitative estimate of drug-likeness (QED) is 0.598. The normalized spacial score (nSPS) is 10.8. The van der Waals surface area contributed by atoms with Crippen LogP contribution in [0.25, 0.3) is 6.08 Å². The molecule has 0 saturated carbocycles. The smallest absolute Gasteiger partial charge is 0.162 e. The summed E-state index contributed by atoms with van der Waals surface area (Å²) in [6.07, 6.45) is 3.72. The summed E-state index contributed by atoms with van der Waals surface area (Å²) in [5.74, 6) is -0.718. The SMILES string of the molecule is CC(=O)c1cc(C=CCBr)ccc1F. The van der Waals surface area contributed by atoms with E-state index in [1.807, 2.05) is 12.2 Å². The zero-order valence-electron chi connectivity index (χ0n) is 7.76. The van der Waals surface area contributed by atoms with E-state index in [0.717, 1.165) is 10.9 Å². The molecule has 0 saturated heterocycles. The van der Waals surface area contributed by atoms with Crippen molar-refractivity contribution < 1.29 is 9.18 Å². The predicted octanol–water partition coefficient (Wildman–Crippen LogP) is 3.44. The van der Waals surface area contributed by atoms with Gasteiger partial charge in [0.25, 0.3) is 0 Å². The minimum atomic E-state index is -0.464. The Kier molecular flexibility index (Phi) is 4.01. The number of ketones is 1. The van der Waals surface area contributed by atoms with Crippen LogP contribution in [0.1, 0.15) is 22.8 Å². The minimum absolute atomic E-state index is 0.140. The molecule has 0 atom stereocenters. The zero-order valence-corrected chi connectivity index (χ0v) is 9.34. The van der Waals surface area contributed by atoms with Crippen molar-refractivity contribution in [1.29, 1.82) is 0 Å². The molecule has 74 valence electrons. The predicted molar refractivity (Wildman–Crippen MR) is 59.2 cm³/mol. The number of rotatable bonds is 3. The summed E-state index contributed by atoms with van der Waals surface area (Å²) in [5, 5.41) is 0.736. The van der Waals surface area contributed by atoms with Crippen LogP contribution in [0.5, 0.6) is 0 Å². The van der Waals surface area contributed by atoms with Gasteiger partial charge in [0.15, 0.2) is 5.78 Å². The van der Waals surface area contributed by atoms with Crippen LogP contribution in [0.2, 0.25) is 0 Å². The maximum atomic E-state index is 13.1. The number of hydrogen-bond acceptors (Lipinski definition) is 1. The van der Waals surface area contributed by atoms with E-state index < -0.39 is 5.82 Å². The monoisotopic (exact) mass is 256 g/mol. The van der Waals surface area contributed by atoms with Crippen LogP contribution in [-0.2, 0) is 0 Å². The Labute approximate surface area is 90.8 Å². The summed E-state index contributed by atoms with van der Waals surface area (Å²) < 4.78 is 13.1. The van der Waals surface area contributed by atoms with Crippen LogP contribution in [0.4, 0.5) is 4.39 Å². The average Bonchev–Trinajstić information content (AvgIpc) is 2.16. The molecule has 0 N–H and O–H groups in total. The molecule has 1 rings (SSSR count). The standard InChI is InChI=1S/C11H10BrFO/c1-8(14)10-7-9(3-2-6-12)4-5-11(10)13/h2-5,7H,6H2,1H3. The van der Waals surface area contributed by atoms with Crippen molar-refractivity contribution in [3.05, 3.63) is 41.2 Å². The Morgan fingerprint density at radius 2 is 2.29 bits per heavy atom. The van der Waals surface area contributed by atoms with Crippen molar-refractivity contribution in [2.24, 2.45) is 0 Å². The molecule has 1 nitrogen and oxygen atoms in total. The number of alkyl halides is 1. The Bertz CT molecular complexity index is 372. The Morgan fingerprint density at radius 1 is 1.57 bits per heavy atom. The number of carbonyl (C=O) groups excluding carboxylic acids is 1. The molecule has 0 fully saturated rings. The summed E-state index contributed by atoms with van der Waals surface area (Å²) in [7, 11) is 0. The van der Waals surface area contributed by atoms with Crippen molar-refractivity contribution in [1.82, 2.24) is 0 Å². The van der Waals surface area contributed by atoms with Gasteiger partial charge in [0, 0.05) is 5.33 Å². The highest BCUT2D eigenvalue weighted by atomic mass is 79.9. The van der Waals surface area contributed by atoms with Gasteiger partial charge < -0.3 is 0 Å². The third kappa shape index (κ3) is 2.77. The number of Topliss-reactive ketones (excluding diaryl/α,β-unsaturated/α-hetero) is 1. The van der Waals surface area contributed by atoms with Gasteiger partial charge >= 0.3 is 0 Å². The van der Waals surface area contributed by atoms with Gasteiger partial charge in [-0.15, -0.1) is 0 Å². The first-order valence-corrected chi connectivity index (χ1v) is 5.30. The third-order valence-corrected chi connectivity index (χ3v) is 2.14. The second kappa shape index (κ2) is 5.05. The first-order valence-electron chi connectivity index (χ1n) is 4.18. The molecule has 0 bridgehead atoms. The van der Waals surface area contributed by atoms with Crippen molar-refractivity contribution in [3.8, 4) is 0 Å². The lowest BCUT2D eigenvalue weighted by Gasteiger charge is -1.99. The van der Waals surface area contributed by atoms with E-state index in [9.17, 15) is 9.18 Å². The van der Waals surface area contributed by atoms with Crippen LogP contribution < -0.4 is 0 Å². The van der Waals surface area contributed by atoms with Crippen LogP contribution in [0.3, 0.4) is 0 Å². The number of carbonyl (C=O) groups is 1. The van der Waals surface area contributed by atoms with Gasteiger partial charge in [-0.1, -0.05) is 34.1 Å². The lowest BCUT2D eigenvalue weighted by molar-refractivity contribution is 0.101. The molecule has 0 aliphatic rings. The van der Waals surface area contributed by atoms with Crippen molar-refractivity contribution >= 4 is 27.8 Å². The molecule has 0 aliphatic carbocycles. The van der Waals surface area contributed by atoms with Crippen LogP contribution in [0.15, 0.2) is 24.3 Å². The molecule has 14 heavy (non-hydrogen) atoms. The second-order valence-electron chi connectivity index (χ2n) is 2.85. The van der Waals surface area contributed by atoms with E-state index in [1.54, 1.807) is 12.1 Å². The molecular formula is C11H10BrFO. The molecule has 0 heterocycles. The van der Waals surface area contributed by atoms with E-state index in [0.29, 0.717) is 0 Å². The summed E-state index contributed by atoms with van der Waals surface area (Å²) in [4.78, 5) is 11.0. The maximum absolute atomic E-state index is 13.1. The maximum Gasteiger partial charge on any atom is 0.162 e. The highest BCUT2D eigenvalue weighted by Crippen LogP contribution is 2.12. The van der Waals surface area contributed by atoms with Crippen molar-refractivity contribution in [2.45, 2.75) is 6.92 Å². The molecule has 0 radical (unpaired) electrons. The minimum Gasteiger partial charge on any atom is -0.294 e. The Balaban J connectivity index is 3.06. The zero-order chi connectivity index (χ0) is 10.6. The van der Waals surface area contributed by atoms with Crippen LogP contribution in [-0.4, -0.2) is 11.1 Å². The van der Waals surface area contributed by atoms with E-state index in [-0.39, 0.29) is 11.3 Å². The molecule has 0 amide bonds. The van der Waals surface area contributed by atoms with Gasteiger partial charge in [-0.2, -0.15) is 0 Å². The van der Waals surface area contributed by atoms with Crippen LogP contribution in [0, 0.1) is 5.82 Å². The molecule has 0 unspecified atom stereocenters. The van der Waals surface area contributed by atoms with Gasteiger partial charge in [-0.25, -0.2) is 4.39 Å². The molecule has 3 heteroatoms. The van der Waals surface area contributed by atoms with Gasteiger partial charge in [0.2, 0.25) is 0 Å².